The van der Waals surface area contributed by atoms with E-state index >= 15 is 0 Å². The van der Waals surface area contributed by atoms with Crippen LogP contribution in [-0.4, -0.2) is 19.3 Å². The van der Waals surface area contributed by atoms with E-state index in [-0.39, 0.29) is 0 Å². The van der Waals surface area contributed by atoms with Crippen LogP contribution in [0.5, 0.6) is 0 Å². The van der Waals surface area contributed by atoms with Gasteiger partial charge in [0.05, 0.1) is 12.6 Å². The van der Waals surface area contributed by atoms with Gasteiger partial charge in [-0.3, -0.25) is 0 Å². The average molecular weight is 235 g/mol. The third-order valence-corrected chi connectivity index (χ3v) is 3.85. The minimum absolute atomic E-state index is 0.410. The molecular weight excluding hydrogens is 214 g/mol. The first-order valence-electron chi connectivity index (χ1n) is 6.74. The molecule has 1 saturated carbocycles. The van der Waals surface area contributed by atoms with E-state index in [0.29, 0.717) is 12.0 Å². The van der Waals surface area contributed by atoms with Gasteiger partial charge in [-0.25, -0.2) is 0 Å². The summed E-state index contributed by atoms with van der Waals surface area (Å²) in [6, 6.07) is 4.24. The Bertz CT molecular complexity index is 368. The van der Waals surface area contributed by atoms with Crippen LogP contribution < -0.4 is 5.32 Å². The van der Waals surface area contributed by atoms with Crippen molar-refractivity contribution in [3.05, 3.63) is 23.7 Å². The molecule has 0 radical (unpaired) electrons. The highest BCUT2D eigenvalue weighted by Crippen LogP contribution is 2.47. The van der Waals surface area contributed by atoms with Gasteiger partial charge in [0.1, 0.15) is 11.5 Å². The van der Waals surface area contributed by atoms with E-state index in [1.54, 1.807) is 0 Å². The first-order valence-corrected chi connectivity index (χ1v) is 6.74. The number of ether oxygens (including phenoxy) is 1. The second kappa shape index (κ2) is 4.83. The van der Waals surface area contributed by atoms with Crippen LogP contribution in [0.15, 0.2) is 16.5 Å². The molecule has 0 bridgehead atoms. The normalized spacial score (nSPS) is 31.9. The zero-order valence-corrected chi connectivity index (χ0v) is 10.4. The Morgan fingerprint density at radius 2 is 2.29 bits per heavy atom. The van der Waals surface area contributed by atoms with E-state index in [4.69, 9.17) is 9.15 Å². The number of nitrogens with one attached hydrogen (secondary N) is 1. The summed E-state index contributed by atoms with van der Waals surface area (Å²) < 4.78 is 11.4. The van der Waals surface area contributed by atoms with Gasteiger partial charge in [0.15, 0.2) is 0 Å². The van der Waals surface area contributed by atoms with Crippen molar-refractivity contribution in [3.8, 4) is 0 Å². The molecule has 0 aromatic carbocycles. The molecule has 17 heavy (non-hydrogen) atoms. The number of rotatable bonds is 5. The van der Waals surface area contributed by atoms with Gasteiger partial charge < -0.3 is 14.5 Å². The fraction of sp³-hybridized carbons (Fsp3) is 0.714. The van der Waals surface area contributed by atoms with Crippen molar-refractivity contribution in [1.29, 1.82) is 0 Å². The van der Waals surface area contributed by atoms with E-state index in [9.17, 15) is 0 Å². The van der Waals surface area contributed by atoms with Gasteiger partial charge in [-0.05, 0) is 37.3 Å². The van der Waals surface area contributed by atoms with Gasteiger partial charge in [0.2, 0.25) is 0 Å². The molecule has 3 atom stereocenters. The molecule has 1 aliphatic carbocycles. The average Bonchev–Trinajstić information content (AvgIpc) is 2.76. The maximum Gasteiger partial charge on any atom is 0.117 e. The van der Waals surface area contributed by atoms with E-state index in [1.807, 2.05) is 0 Å². The molecule has 2 aliphatic rings. The summed E-state index contributed by atoms with van der Waals surface area (Å²) in [6.45, 7) is 4.97. The Labute approximate surface area is 103 Å². The highest BCUT2D eigenvalue weighted by Gasteiger charge is 2.36. The largest absolute Gasteiger partial charge is 0.464 e. The molecule has 1 aromatic rings. The van der Waals surface area contributed by atoms with Gasteiger partial charge in [0.25, 0.3) is 0 Å². The van der Waals surface area contributed by atoms with Crippen LogP contribution in [0, 0.1) is 5.92 Å². The third-order valence-electron chi connectivity index (χ3n) is 3.85. The molecule has 0 spiro atoms. The lowest BCUT2D eigenvalue weighted by molar-refractivity contribution is 0.109. The summed E-state index contributed by atoms with van der Waals surface area (Å²) in [6.07, 6.45) is 4.09. The van der Waals surface area contributed by atoms with Crippen LogP contribution in [-0.2, 0) is 11.3 Å². The van der Waals surface area contributed by atoms with Crippen molar-refractivity contribution < 1.29 is 9.15 Å². The minimum Gasteiger partial charge on any atom is -0.464 e. The van der Waals surface area contributed by atoms with Gasteiger partial charge >= 0.3 is 0 Å². The maximum absolute atomic E-state index is 5.84. The first-order chi connectivity index (χ1) is 8.33. The zero-order valence-electron chi connectivity index (χ0n) is 10.4. The van der Waals surface area contributed by atoms with E-state index < -0.39 is 0 Å². The summed E-state index contributed by atoms with van der Waals surface area (Å²) in [5.41, 5.74) is 0. The Morgan fingerprint density at radius 3 is 3.00 bits per heavy atom. The second-order valence-electron chi connectivity index (χ2n) is 5.39. The smallest absolute Gasteiger partial charge is 0.117 e. The van der Waals surface area contributed by atoms with Crippen LogP contribution in [0.1, 0.15) is 43.6 Å². The highest BCUT2D eigenvalue weighted by molar-refractivity contribution is 5.17. The number of hydrogen-bond acceptors (Lipinski definition) is 3. The van der Waals surface area contributed by atoms with Crippen molar-refractivity contribution in [1.82, 2.24) is 5.32 Å². The van der Waals surface area contributed by atoms with E-state index in [1.165, 1.54) is 25.0 Å². The second-order valence-corrected chi connectivity index (χ2v) is 5.39. The van der Waals surface area contributed by atoms with Crippen molar-refractivity contribution in [2.45, 2.75) is 44.8 Å². The molecule has 0 amide bonds. The number of furan rings is 1. The van der Waals surface area contributed by atoms with Crippen LogP contribution in [0.4, 0.5) is 0 Å². The fourth-order valence-corrected chi connectivity index (χ4v) is 2.57. The summed E-state index contributed by atoms with van der Waals surface area (Å²) in [7, 11) is 0. The van der Waals surface area contributed by atoms with E-state index in [2.05, 4.69) is 24.4 Å². The SMILES string of the molecule is CC1CC1c1ccc(CNCC2CCCO2)o1. The molecule has 1 saturated heterocycles. The predicted octanol–water partition coefficient (Wildman–Crippen LogP) is 2.67. The summed E-state index contributed by atoms with van der Waals surface area (Å²) in [5.74, 6) is 3.72. The molecule has 3 rings (SSSR count). The molecule has 1 N–H and O–H groups in total. The Kier molecular flexibility index (Phi) is 3.21. The molecule has 94 valence electrons. The van der Waals surface area contributed by atoms with Gasteiger partial charge in [0, 0.05) is 19.1 Å². The van der Waals surface area contributed by atoms with Crippen molar-refractivity contribution in [2.75, 3.05) is 13.2 Å². The van der Waals surface area contributed by atoms with Gasteiger partial charge in [-0.2, -0.15) is 0 Å². The fourth-order valence-electron chi connectivity index (χ4n) is 2.57. The summed E-state index contributed by atoms with van der Waals surface area (Å²) in [4.78, 5) is 0. The highest BCUT2D eigenvalue weighted by atomic mass is 16.5. The monoisotopic (exact) mass is 235 g/mol. The number of hydrogen-bond donors (Lipinski definition) is 1. The minimum atomic E-state index is 0.410. The molecule has 2 fully saturated rings. The first kappa shape index (κ1) is 11.3. The van der Waals surface area contributed by atoms with Crippen molar-refractivity contribution >= 4 is 0 Å². The van der Waals surface area contributed by atoms with Crippen LogP contribution in [0.3, 0.4) is 0 Å². The van der Waals surface area contributed by atoms with Crippen molar-refractivity contribution in [3.63, 3.8) is 0 Å². The Hall–Kier alpha value is -0.800. The summed E-state index contributed by atoms with van der Waals surface area (Å²) >= 11 is 0. The Morgan fingerprint density at radius 1 is 1.41 bits per heavy atom. The third kappa shape index (κ3) is 2.72. The van der Waals surface area contributed by atoms with Crippen molar-refractivity contribution in [2.24, 2.45) is 5.92 Å². The standard InChI is InChI=1S/C14H21NO2/c1-10-7-13(10)14-5-4-12(17-14)9-15-8-11-3-2-6-16-11/h4-5,10-11,13,15H,2-3,6-9H2,1H3. The predicted molar refractivity (Wildman–Crippen MR) is 65.9 cm³/mol. The lowest BCUT2D eigenvalue weighted by atomic mass is 10.2. The lowest BCUT2D eigenvalue weighted by Gasteiger charge is -2.09. The molecule has 3 unspecified atom stereocenters. The Balaban J connectivity index is 1.43. The molecule has 2 heterocycles. The topological polar surface area (TPSA) is 34.4 Å². The molecule has 3 heteroatoms. The zero-order chi connectivity index (χ0) is 11.7. The van der Waals surface area contributed by atoms with Crippen LogP contribution >= 0.6 is 0 Å². The maximum atomic E-state index is 5.84. The van der Waals surface area contributed by atoms with E-state index in [0.717, 1.165) is 31.4 Å². The molecule has 1 aliphatic heterocycles. The van der Waals surface area contributed by atoms with Gasteiger partial charge in [-0.1, -0.05) is 6.92 Å². The molecular formula is C14H21NO2. The summed E-state index contributed by atoms with van der Waals surface area (Å²) in [5, 5.41) is 3.41. The molecule has 1 aromatic heterocycles. The van der Waals surface area contributed by atoms with Crippen LogP contribution in [0.2, 0.25) is 0 Å². The lowest BCUT2D eigenvalue weighted by Crippen LogP contribution is -2.25. The molecule has 3 nitrogen and oxygen atoms in total. The van der Waals surface area contributed by atoms with Gasteiger partial charge in [-0.15, -0.1) is 0 Å². The quantitative estimate of drug-likeness (QED) is 0.852. The van der Waals surface area contributed by atoms with Crippen LogP contribution in [0.25, 0.3) is 0 Å².